The number of carbonyl (C=O) groups is 2. The molecule has 1 aromatic rings. The summed E-state index contributed by atoms with van der Waals surface area (Å²) in [6.07, 6.45) is 6.95. The second-order valence-corrected chi connectivity index (χ2v) is 11.0. The lowest BCUT2D eigenvalue weighted by atomic mass is 10.1. The molecule has 2 rings (SSSR count). The van der Waals surface area contributed by atoms with E-state index in [-0.39, 0.29) is 16.7 Å². The van der Waals surface area contributed by atoms with Crippen molar-refractivity contribution in [3.63, 3.8) is 0 Å². The Morgan fingerprint density at radius 2 is 1.77 bits per heavy atom. The van der Waals surface area contributed by atoms with E-state index >= 15 is 0 Å². The van der Waals surface area contributed by atoms with Crippen LogP contribution in [-0.4, -0.2) is 18.9 Å². The molecule has 0 heterocycles. The number of benzene rings is 1. The first-order chi connectivity index (χ1) is 10.3. The van der Waals surface area contributed by atoms with E-state index in [1.54, 1.807) is 30.3 Å². The van der Waals surface area contributed by atoms with Gasteiger partial charge in [0.1, 0.15) is 10.8 Å². The summed E-state index contributed by atoms with van der Waals surface area (Å²) in [4.78, 5) is 25.6. The van der Waals surface area contributed by atoms with Crippen molar-refractivity contribution >= 4 is 42.1 Å². The van der Waals surface area contributed by atoms with Crippen LogP contribution in [0, 0.1) is 5.92 Å². The van der Waals surface area contributed by atoms with Gasteiger partial charge in [0.05, 0.1) is 0 Å². The van der Waals surface area contributed by atoms with E-state index in [0.29, 0.717) is 22.0 Å². The molecule has 0 fully saturated rings. The Bertz CT molecular complexity index is 645. The molecule has 0 bridgehead atoms. The Labute approximate surface area is 141 Å². The van der Waals surface area contributed by atoms with Crippen LogP contribution >= 0.6 is 23.2 Å². The predicted octanol–water partition coefficient (Wildman–Crippen LogP) is 4.97. The van der Waals surface area contributed by atoms with Gasteiger partial charge in [-0.25, -0.2) is 0 Å². The smallest absolute Gasteiger partial charge is 0.209 e. The molecule has 2 nitrogen and oxygen atoms in total. The van der Waals surface area contributed by atoms with Gasteiger partial charge in [-0.1, -0.05) is 60.6 Å². The fraction of sp³-hybridized carbons (Fsp3) is 0.294. The average molecular weight is 353 g/mol. The first kappa shape index (κ1) is 17.2. The molecule has 1 aliphatic carbocycles. The molecule has 0 radical (unpaired) electrons. The lowest BCUT2D eigenvalue weighted by Crippen LogP contribution is -2.49. The highest BCUT2D eigenvalue weighted by atomic mass is 35.5. The highest BCUT2D eigenvalue weighted by Gasteiger charge is 2.42. The molecular weight excluding hydrogens is 335 g/mol. The standard InChI is InChI=1S/C17H18Cl2O2Si/c1-22(2,17(21)13-7-10-15(19)11-8-13)16(20)12-4-3-5-14(18)9-6-12/h5-12H,3-4H2,1-2H3. The third-order valence-corrected chi connectivity index (χ3v) is 7.49. The molecule has 0 N–H and O–H groups in total. The van der Waals surface area contributed by atoms with E-state index in [9.17, 15) is 9.59 Å². The van der Waals surface area contributed by atoms with Crippen LogP contribution in [0.3, 0.4) is 0 Å². The van der Waals surface area contributed by atoms with E-state index in [0.717, 1.165) is 6.42 Å². The molecule has 0 saturated carbocycles. The van der Waals surface area contributed by atoms with Gasteiger partial charge < -0.3 is 4.79 Å². The van der Waals surface area contributed by atoms with Crippen LogP contribution in [0.1, 0.15) is 23.2 Å². The molecule has 0 aromatic heterocycles. The van der Waals surface area contributed by atoms with Gasteiger partial charge in [-0.3, -0.25) is 4.79 Å². The van der Waals surface area contributed by atoms with Gasteiger partial charge in [0.15, 0.2) is 0 Å². The van der Waals surface area contributed by atoms with Crippen molar-refractivity contribution in [2.75, 3.05) is 0 Å². The van der Waals surface area contributed by atoms with Gasteiger partial charge in [-0.05, 0) is 31.1 Å². The zero-order chi connectivity index (χ0) is 16.3. The average Bonchev–Trinajstić information content (AvgIpc) is 2.71. The minimum Gasteiger partial charge on any atom is -0.304 e. The fourth-order valence-corrected chi connectivity index (χ4v) is 5.12. The van der Waals surface area contributed by atoms with Gasteiger partial charge in [-0.15, -0.1) is 0 Å². The summed E-state index contributed by atoms with van der Waals surface area (Å²) in [5.74, 6) is -0.231. The lowest BCUT2D eigenvalue weighted by Gasteiger charge is -2.23. The third-order valence-electron chi connectivity index (χ3n) is 3.93. The van der Waals surface area contributed by atoms with Gasteiger partial charge in [-0.2, -0.15) is 0 Å². The molecule has 5 heteroatoms. The molecule has 1 atom stereocenters. The highest BCUT2D eigenvalue weighted by Crippen LogP contribution is 2.25. The Morgan fingerprint density at radius 1 is 1.14 bits per heavy atom. The molecule has 0 saturated heterocycles. The fourth-order valence-electron chi connectivity index (χ4n) is 2.53. The minimum absolute atomic E-state index is 0.0501. The van der Waals surface area contributed by atoms with E-state index < -0.39 is 8.07 Å². The number of carbonyl (C=O) groups excluding carboxylic acids is 2. The number of hydrogen-bond donors (Lipinski definition) is 0. The molecule has 116 valence electrons. The molecule has 22 heavy (non-hydrogen) atoms. The van der Waals surface area contributed by atoms with Crippen molar-refractivity contribution in [1.82, 2.24) is 0 Å². The number of allylic oxidation sites excluding steroid dienone is 4. The predicted molar refractivity (Wildman–Crippen MR) is 94.1 cm³/mol. The SMILES string of the molecule is C[Si](C)(C(=O)c1ccc(Cl)cc1)C(=O)C1C=CC(Cl)=CCC1. The van der Waals surface area contributed by atoms with Gasteiger partial charge in [0, 0.05) is 21.5 Å². The van der Waals surface area contributed by atoms with E-state index in [1.165, 1.54) is 0 Å². The lowest BCUT2D eigenvalue weighted by molar-refractivity contribution is -0.114. The van der Waals surface area contributed by atoms with Crippen molar-refractivity contribution in [2.24, 2.45) is 5.92 Å². The van der Waals surface area contributed by atoms with Crippen molar-refractivity contribution < 1.29 is 9.59 Å². The topological polar surface area (TPSA) is 34.1 Å². The van der Waals surface area contributed by atoms with Crippen LogP contribution in [0.15, 0.2) is 47.5 Å². The first-order valence-corrected chi connectivity index (χ1v) is 11.0. The summed E-state index contributed by atoms with van der Waals surface area (Å²) in [5, 5.41) is 1.24. The summed E-state index contributed by atoms with van der Waals surface area (Å²) in [6.45, 7) is 3.64. The third kappa shape index (κ3) is 3.78. The zero-order valence-electron chi connectivity index (χ0n) is 12.6. The summed E-state index contributed by atoms with van der Waals surface area (Å²) < 4.78 is 0. The largest absolute Gasteiger partial charge is 0.304 e. The van der Waals surface area contributed by atoms with Crippen molar-refractivity contribution in [3.8, 4) is 0 Å². The molecule has 1 unspecified atom stereocenters. The molecule has 0 amide bonds. The maximum atomic E-state index is 12.9. The van der Waals surface area contributed by atoms with Crippen LogP contribution in [0.5, 0.6) is 0 Å². The Morgan fingerprint density at radius 3 is 2.41 bits per heavy atom. The van der Waals surface area contributed by atoms with Crippen LogP contribution in [0.4, 0.5) is 0 Å². The van der Waals surface area contributed by atoms with Gasteiger partial charge >= 0.3 is 0 Å². The second kappa shape index (κ2) is 6.94. The highest BCUT2D eigenvalue weighted by molar-refractivity contribution is 7.25. The first-order valence-electron chi connectivity index (χ1n) is 7.21. The summed E-state index contributed by atoms with van der Waals surface area (Å²) in [5.41, 5.74) is 0.558. The van der Waals surface area contributed by atoms with Crippen LogP contribution in [0.25, 0.3) is 0 Å². The van der Waals surface area contributed by atoms with Crippen LogP contribution in [0.2, 0.25) is 18.1 Å². The van der Waals surface area contributed by atoms with Crippen LogP contribution < -0.4 is 0 Å². The minimum atomic E-state index is -2.74. The molecule has 1 aromatic carbocycles. The van der Waals surface area contributed by atoms with Crippen molar-refractivity contribution in [1.29, 1.82) is 0 Å². The summed E-state index contributed by atoms with van der Waals surface area (Å²) >= 11 is 11.8. The van der Waals surface area contributed by atoms with Gasteiger partial charge in [0.25, 0.3) is 0 Å². The Kier molecular flexibility index (Phi) is 5.43. The van der Waals surface area contributed by atoms with E-state index in [4.69, 9.17) is 23.2 Å². The summed E-state index contributed by atoms with van der Waals surface area (Å²) in [6, 6.07) is 6.74. The normalized spacial score (nSPS) is 18.5. The van der Waals surface area contributed by atoms with Crippen LogP contribution in [-0.2, 0) is 4.79 Å². The molecule has 0 aliphatic heterocycles. The summed E-state index contributed by atoms with van der Waals surface area (Å²) in [7, 11) is -2.74. The molecule has 0 spiro atoms. The molecule has 1 aliphatic rings. The maximum Gasteiger partial charge on any atom is 0.209 e. The van der Waals surface area contributed by atoms with Gasteiger partial charge in [0.2, 0.25) is 8.07 Å². The monoisotopic (exact) mass is 352 g/mol. The van der Waals surface area contributed by atoms with E-state index in [2.05, 4.69) is 0 Å². The Hall–Kier alpha value is -1.16. The second-order valence-electron chi connectivity index (χ2n) is 5.96. The molecular formula is C17H18Cl2O2Si. The van der Waals surface area contributed by atoms with Crippen molar-refractivity contribution in [2.45, 2.75) is 25.9 Å². The number of halogens is 2. The maximum absolute atomic E-state index is 12.9. The quantitative estimate of drug-likeness (QED) is 0.717. The number of rotatable bonds is 4. The zero-order valence-corrected chi connectivity index (χ0v) is 15.1. The Balaban J connectivity index is 2.21. The number of hydrogen-bond acceptors (Lipinski definition) is 2. The van der Waals surface area contributed by atoms with E-state index in [1.807, 2.05) is 25.2 Å². The van der Waals surface area contributed by atoms with Crippen molar-refractivity contribution in [3.05, 3.63) is 58.1 Å².